The Morgan fingerprint density at radius 1 is 1.36 bits per heavy atom. The lowest BCUT2D eigenvalue weighted by atomic mass is 9.90. The maximum Gasteiger partial charge on any atom is 0.392 e. The largest absolute Gasteiger partial charge is 0.465 e. The van der Waals surface area contributed by atoms with Gasteiger partial charge >= 0.3 is 12.1 Å². The van der Waals surface area contributed by atoms with Crippen LogP contribution in [0.4, 0.5) is 19.2 Å². The monoisotopic (exact) mass is 394 g/mol. The molecule has 0 bridgehead atoms. The molecule has 1 aliphatic heterocycles. The minimum absolute atomic E-state index is 0.0151. The van der Waals surface area contributed by atoms with Crippen molar-refractivity contribution in [1.29, 1.82) is 0 Å². The summed E-state index contributed by atoms with van der Waals surface area (Å²) in [5.41, 5.74) is 2.09. The van der Waals surface area contributed by atoms with E-state index in [1.807, 2.05) is 24.8 Å². The van der Waals surface area contributed by atoms with Crippen LogP contribution in [0.3, 0.4) is 0 Å². The van der Waals surface area contributed by atoms with Crippen LogP contribution in [0, 0.1) is 5.92 Å². The summed E-state index contributed by atoms with van der Waals surface area (Å²) in [6.07, 6.45) is -4.14. The molecule has 1 unspecified atom stereocenters. The van der Waals surface area contributed by atoms with Gasteiger partial charge in [0, 0.05) is 19.4 Å². The molecule has 0 amide bonds. The molecule has 0 fully saturated rings. The minimum Gasteiger partial charge on any atom is -0.465 e. The average Bonchev–Trinajstić information content (AvgIpc) is 3.17. The Balaban J connectivity index is 1.68. The number of hydrogen-bond donors (Lipinski definition) is 0. The van der Waals surface area contributed by atoms with Gasteiger partial charge in [0.1, 0.15) is 5.76 Å². The van der Waals surface area contributed by atoms with Crippen LogP contribution in [0.1, 0.15) is 53.2 Å². The summed E-state index contributed by atoms with van der Waals surface area (Å²) >= 11 is 0. The number of alkyl halides is 3. The van der Waals surface area contributed by atoms with Gasteiger partial charge in [0.15, 0.2) is 0 Å². The maximum absolute atomic E-state index is 13.1. The Kier molecular flexibility index (Phi) is 4.21. The number of anilines is 1. The standard InChI is InChI=1S/C20H21F3N2O3/c1-19(2)14-6-4-5-12(17(26)27-3)13(14)10-25(19)18-24-15-9-11(20(21,22)23)7-8-16(15)28-18/h4-6,11H,7-10H2,1-3H3. The van der Waals surface area contributed by atoms with Gasteiger partial charge in [-0.3, -0.25) is 0 Å². The molecule has 0 saturated carbocycles. The van der Waals surface area contributed by atoms with Crippen LogP contribution in [0.2, 0.25) is 0 Å². The first-order chi connectivity index (χ1) is 13.1. The van der Waals surface area contributed by atoms with Crippen molar-refractivity contribution in [2.75, 3.05) is 12.0 Å². The quantitative estimate of drug-likeness (QED) is 0.708. The van der Waals surface area contributed by atoms with E-state index in [0.717, 1.165) is 11.1 Å². The molecule has 0 radical (unpaired) electrons. The molecule has 150 valence electrons. The first kappa shape index (κ1) is 18.8. The normalized spacial score (nSPS) is 20.6. The molecule has 1 aliphatic carbocycles. The zero-order valence-corrected chi connectivity index (χ0v) is 15.9. The number of benzene rings is 1. The Morgan fingerprint density at radius 2 is 2.11 bits per heavy atom. The summed E-state index contributed by atoms with van der Waals surface area (Å²) in [5.74, 6) is -1.28. The zero-order chi connectivity index (χ0) is 20.3. The summed E-state index contributed by atoms with van der Waals surface area (Å²) in [6, 6.07) is 5.73. The van der Waals surface area contributed by atoms with Gasteiger partial charge in [-0.2, -0.15) is 18.2 Å². The highest BCUT2D eigenvalue weighted by molar-refractivity contribution is 5.92. The minimum atomic E-state index is -4.23. The van der Waals surface area contributed by atoms with Crippen LogP contribution in [-0.2, 0) is 29.7 Å². The molecule has 2 aliphatic rings. The number of fused-ring (bicyclic) bond motifs is 2. The van der Waals surface area contributed by atoms with Crippen LogP contribution >= 0.6 is 0 Å². The van der Waals surface area contributed by atoms with Gasteiger partial charge in [-0.15, -0.1) is 0 Å². The number of aryl methyl sites for hydroxylation is 1. The summed E-state index contributed by atoms with van der Waals surface area (Å²) < 4.78 is 50.0. The van der Waals surface area contributed by atoms with E-state index in [1.165, 1.54) is 7.11 Å². The highest BCUT2D eigenvalue weighted by atomic mass is 19.4. The number of carbonyl (C=O) groups is 1. The second-order valence-corrected chi connectivity index (χ2v) is 7.82. The van der Waals surface area contributed by atoms with Crippen LogP contribution < -0.4 is 4.90 Å². The van der Waals surface area contributed by atoms with Crippen molar-refractivity contribution in [2.24, 2.45) is 5.92 Å². The Bertz CT molecular complexity index is 933. The Morgan fingerprint density at radius 3 is 2.79 bits per heavy atom. The fraction of sp³-hybridized carbons (Fsp3) is 0.500. The number of ether oxygens (including phenoxy) is 1. The highest BCUT2D eigenvalue weighted by Gasteiger charge is 2.45. The molecular weight excluding hydrogens is 373 g/mol. The van der Waals surface area contributed by atoms with Crippen molar-refractivity contribution in [3.05, 3.63) is 46.3 Å². The fourth-order valence-electron chi connectivity index (χ4n) is 4.20. The van der Waals surface area contributed by atoms with Crippen molar-refractivity contribution in [3.63, 3.8) is 0 Å². The number of aromatic nitrogens is 1. The van der Waals surface area contributed by atoms with Crippen molar-refractivity contribution >= 4 is 12.0 Å². The van der Waals surface area contributed by atoms with Crippen molar-refractivity contribution in [2.45, 2.75) is 51.4 Å². The van der Waals surface area contributed by atoms with E-state index in [0.29, 0.717) is 29.6 Å². The Hall–Kier alpha value is -2.51. The number of nitrogens with zero attached hydrogens (tertiary/aromatic N) is 2. The summed E-state index contributed by atoms with van der Waals surface area (Å²) in [5, 5.41) is 0. The van der Waals surface area contributed by atoms with E-state index >= 15 is 0 Å². The van der Waals surface area contributed by atoms with E-state index in [2.05, 4.69) is 4.98 Å². The molecule has 1 aromatic carbocycles. The summed E-state index contributed by atoms with van der Waals surface area (Å²) in [6.45, 7) is 4.32. The Labute approximate surface area is 160 Å². The lowest BCUT2D eigenvalue weighted by Crippen LogP contribution is -2.35. The molecule has 0 spiro atoms. The number of halogens is 3. The molecular formula is C20H21F3N2O3. The van der Waals surface area contributed by atoms with Gasteiger partial charge in [0.25, 0.3) is 6.01 Å². The van der Waals surface area contributed by atoms with Gasteiger partial charge in [0.2, 0.25) is 0 Å². The molecule has 1 atom stereocenters. The molecule has 8 heteroatoms. The number of hydrogen-bond acceptors (Lipinski definition) is 5. The van der Waals surface area contributed by atoms with Crippen LogP contribution in [0.25, 0.3) is 0 Å². The SMILES string of the molecule is COC(=O)c1cccc2c1CN(c1nc3c(o1)CCC(C(F)(F)F)C3)C2(C)C. The number of oxazole rings is 1. The van der Waals surface area contributed by atoms with Gasteiger partial charge in [-0.1, -0.05) is 12.1 Å². The van der Waals surface area contributed by atoms with E-state index < -0.39 is 23.6 Å². The molecule has 1 aromatic heterocycles. The third kappa shape index (κ3) is 2.86. The van der Waals surface area contributed by atoms with E-state index in [1.54, 1.807) is 12.1 Å². The summed E-state index contributed by atoms with van der Waals surface area (Å²) in [4.78, 5) is 18.4. The number of carbonyl (C=O) groups excluding carboxylic acids is 1. The average molecular weight is 394 g/mol. The van der Waals surface area contributed by atoms with Crippen molar-refractivity contribution < 1.29 is 27.1 Å². The number of methoxy groups -OCH3 is 1. The fourth-order valence-corrected chi connectivity index (χ4v) is 4.20. The first-order valence-corrected chi connectivity index (χ1v) is 9.16. The van der Waals surface area contributed by atoms with Gasteiger partial charge in [0.05, 0.1) is 29.8 Å². The van der Waals surface area contributed by atoms with E-state index in [4.69, 9.17) is 9.15 Å². The van der Waals surface area contributed by atoms with Crippen LogP contribution in [-0.4, -0.2) is 24.2 Å². The van der Waals surface area contributed by atoms with Crippen molar-refractivity contribution in [3.8, 4) is 0 Å². The third-order valence-corrected chi connectivity index (χ3v) is 5.85. The molecule has 28 heavy (non-hydrogen) atoms. The molecule has 0 N–H and O–H groups in total. The molecule has 5 nitrogen and oxygen atoms in total. The molecule has 2 aromatic rings. The summed E-state index contributed by atoms with van der Waals surface area (Å²) in [7, 11) is 1.33. The maximum atomic E-state index is 13.1. The zero-order valence-electron chi connectivity index (χ0n) is 15.9. The highest BCUT2D eigenvalue weighted by Crippen LogP contribution is 2.45. The van der Waals surface area contributed by atoms with Gasteiger partial charge in [-0.25, -0.2) is 4.79 Å². The topological polar surface area (TPSA) is 55.6 Å². The van der Waals surface area contributed by atoms with Gasteiger partial charge < -0.3 is 14.1 Å². The van der Waals surface area contributed by atoms with E-state index in [-0.39, 0.29) is 19.3 Å². The number of esters is 1. The molecule has 2 heterocycles. The van der Waals surface area contributed by atoms with Crippen LogP contribution in [0.15, 0.2) is 22.6 Å². The molecule has 0 saturated heterocycles. The van der Waals surface area contributed by atoms with Crippen molar-refractivity contribution in [1.82, 2.24) is 4.98 Å². The predicted molar refractivity (Wildman–Crippen MR) is 95.1 cm³/mol. The third-order valence-electron chi connectivity index (χ3n) is 5.85. The van der Waals surface area contributed by atoms with E-state index in [9.17, 15) is 18.0 Å². The first-order valence-electron chi connectivity index (χ1n) is 9.16. The second-order valence-electron chi connectivity index (χ2n) is 7.82. The second kappa shape index (κ2) is 6.25. The number of rotatable bonds is 2. The lowest BCUT2D eigenvalue weighted by Gasteiger charge is -2.31. The predicted octanol–water partition coefficient (Wildman–Crippen LogP) is 4.38. The molecule has 4 rings (SSSR count). The smallest absolute Gasteiger partial charge is 0.392 e. The van der Waals surface area contributed by atoms with Gasteiger partial charge in [-0.05, 0) is 37.5 Å². The lowest BCUT2D eigenvalue weighted by molar-refractivity contribution is -0.177. The van der Waals surface area contributed by atoms with Crippen LogP contribution in [0.5, 0.6) is 0 Å².